The first-order valence-electron chi connectivity index (χ1n) is 32.3. The summed E-state index contributed by atoms with van der Waals surface area (Å²) in [6.07, 6.45) is 0. The molecule has 0 aliphatic carbocycles. The lowest BCUT2D eigenvalue weighted by Crippen LogP contribution is -1.95. The second-order valence-electron chi connectivity index (χ2n) is 24.4. The standard InChI is InChI=1S/C48H32N2.C42H28N2/c1-3-12-33(13-4-1)35-22-24-37(25-23-35)38-16-11-17-40(30-38)50-46-21-10-8-19-42(46)44-31-47-43(32-48(44)50)41-18-7-9-20-45(41)49(47)39-28-26-36(27-29-39)34-14-5-2-6-15-34;1-3-11-29(12-4-1)31-19-23-33(24-20-31)43-39-17-9-7-15-35(39)37-28-42-38(27-41(37)43)36-16-8-10-18-40(36)44(42)34-25-21-32(22-26-34)30-13-5-2-6-14-30/h1-32H;1-28H. The van der Waals surface area contributed by atoms with E-state index in [0.717, 1.165) is 22.7 Å². The number of nitrogens with zero attached hydrogens (tertiary/aromatic N) is 4. The van der Waals surface area contributed by atoms with Gasteiger partial charge in [-0.15, -0.1) is 0 Å². The van der Waals surface area contributed by atoms with Crippen molar-refractivity contribution in [2.45, 2.75) is 0 Å². The molecule has 0 spiro atoms. The molecule has 0 saturated carbocycles. The van der Waals surface area contributed by atoms with Crippen molar-refractivity contribution in [3.05, 3.63) is 364 Å². The Morgan fingerprint density at radius 2 is 0.330 bits per heavy atom. The minimum absolute atomic E-state index is 1.15. The zero-order valence-corrected chi connectivity index (χ0v) is 51.4. The van der Waals surface area contributed by atoms with Gasteiger partial charge in [-0.1, -0.05) is 267 Å². The van der Waals surface area contributed by atoms with Crippen molar-refractivity contribution in [1.29, 1.82) is 0 Å². The molecule has 4 nitrogen and oxygen atoms in total. The van der Waals surface area contributed by atoms with Gasteiger partial charge in [0.1, 0.15) is 0 Å². The normalized spacial score (nSPS) is 11.6. The topological polar surface area (TPSA) is 19.7 Å². The maximum atomic E-state index is 2.44. The van der Waals surface area contributed by atoms with E-state index in [1.807, 2.05) is 0 Å². The summed E-state index contributed by atoms with van der Waals surface area (Å²) in [5.41, 5.74) is 26.5. The van der Waals surface area contributed by atoms with Crippen molar-refractivity contribution in [2.75, 3.05) is 0 Å². The minimum Gasteiger partial charge on any atom is -0.309 e. The van der Waals surface area contributed by atoms with Gasteiger partial charge in [0.2, 0.25) is 0 Å². The van der Waals surface area contributed by atoms with E-state index >= 15 is 0 Å². The highest BCUT2D eigenvalue weighted by atomic mass is 15.0. The van der Waals surface area contributed by atoms with Crippen molar-refractivity contribution < 1.29 is 0 Å². The molecule has 0 amide bonds. The van der Waals surface area contributed by atoms with Crippen molar-refractivity contribution in [3.8, 4) is 78.4 Å². The van der Waals surface area contributed by atoms with Crippen LogP contribution in [0.25, 0.3) is 166 Å². The predicted molar refractivity (Wildman–Crippen MR) is 397 cm³/mol. The van der Waals surface area contributed by atoms with Gasteiger partial charge in [-0.3, -0.25) is 0 Å². The highest BCUT2D eigenvalue weighted by Crippen LogP contribution is 2.43. The molecule has 0 N–H and O–H groups in total. The smallest absolute Gasteiger partial charge is 0.0548 e. The molecule has 4 heterocycles. The Morgan fingerprint density at radius 3 is 0.617 bits per heavy atom. The largest absolute Gasteiger partial charge is 0.309 e. The van der Waals surface area contributed by atoms with E-state index in [1.54, 1.807) is 0 Å². The van der Waals surface area contributed by atoms with Crippen molar-refractivity contribution in [2.24, 2.45) is 0 Å². The molecule has 15 aromatic carbocycles. The Kier molecular flexibility index (Phi) is 13.2. The second kappa shape index (κ2) is 22.8. The quantitative estimate of drug-likeness (QED) is 0.137. The van der Waals surface area contributed by atoms with E-state index in [9.17, 15) is 0 Å². The van der Waals surface area contributed by atoms with Crippen LogP contribution >= 0.6 is 0 Å². The van der Waals surface area contributed by atoms with Crippen LogP contribution in [0.15, 0.2) is 364 Å². The van der Waals surface area contributed by atoms with Crippen LogP contribution in [0.5, 0.6) is 0 Å². The lowest BCUT2D eigenvalue weighted by molar-refractivity contribution is 1.17. The second-order valence-corrected chi connectivity index (χ2v) is 24.4. The molecule has 0 aliphatic rings. The maximum absolute atomic E-state index is 2.44. The summed E-state index contributed by atoms with van der Waals surface area (Å²) in [7, 11) is 0. The van der Waals surface area contributed by atoms with Gasteiger partial charge < -0.3 is 18.3 Å². The summed E-state index contributed by atoms with van der Waals surface area (Å²) < 4.78 is 9.69. The summed E-state index contributed by atoms with van der Waals surface area (Å²) in [5.74, 6) is 0. The number of aromatic nitrogens is 4. The van der Waals surface area contributed by atoms with E-state index < -0.39 is 0 Å². The van der Waals surface area contributed by atoms with Gasteiger partial charge in [0, 0.05) is 65.8 Å². The monoisotopic (exact) mass is 1200 g/mol. The fraction of sp³-hybridized carbons (Fsp3) is 0. The molecule has 94 heavy (non-hydrogen) atoms. The van der Waals surface area contributed by atoms with Crippen molar-refractivity contribution >= 4 is 87.2 Å². The summed E-state index contributed by atoms with van der Waals surface area (Å²) in [6.45, 7) is 0. The van der Waals surface area contributed by atoms with Crippen molar-refractivity contribution in [3.63, 3.8) is 0 Å². The molecule has 0 bridgehead atoms. The number of benzene rings is 15. The third-order valence-electron chi connectivity index (χ3n) is 19.1. The molecular formula is C90H60N4. The maximum Gasteiger partial charge on any atom is 0.0548 e. The van der Waals surface area contributed by atoms with Gasteiger partial charge in [-0.25, -0.2) is 0 Å². The van der Waals surface area contributed by atoms with Gasteiger partial charge in [0.15, 0.2) is 0 Å². The van der Waals surface area contributed by atoms with Crippen LogP contribution in [0, 0.1) is 0 Å². The summed E-state index contributed by atoms with van der Waals surface area (Å²) >= 11 is 0. The number of fused-ring (bicyclic) bond motifs is 12. The first-order valence-corrected chi connectivity index (χ1v) is 32.3. The average Bonchev–Trinajstić information content (AvgIpc) is 1.57. The molecule has 4 heteroatoms. The van der Waals surface area contributed by atoms with Crippen LogP contribution < -0.4 is 0 Å². The van der Waals surface area contributed by atoms with Gasteiger partial charge >= 0.3 is 0 Å². The zero-order chi connectivity index (χ0) is 62.1. The first kappa shape index (κ1) is 54.4. The average molecular weight is 1200 g/mol. The summed E-state index contributed by atoms with van der Waals surface area (Å²) in [6, 6.07) is 132. The molecule has 19 aromatic rings. The van der Waals surface area contributed by atoms with Crippen molar-refractivity contribution in [1.82, 2.24) is 18.3 Å². The predicted octanol–water partition coefficient (Wildman–Crippen LogP) is 24.1. The van der Waals surface area contributed by atoms with Crippen LogP contribution in [0.2, 0.25) is 0 Å². The Morgan fingerprint density at radius 1 is 0.117 bits per heavy atom. The highest BCUT2D eigenvalue weighted by molar-refractivity contribution is 6.20. The summed E-state index contributed by atoms with van der Waals surface area (Å²) in [5, 5.41) is 10.0. The Labute approximate surface area is 544 Å². The van der Waals surface area contributed by atoms with Crippen LogP contribution in [0.3, 0.4) is 0 Å². The lowest BCUT2D eigenvalue weighted by Gasteiger charge is -2.12. The Balaban J connectivity index is 0.000000139. The third-order valence-corrected chi connectivity index (χ3v) is 19.1. The Bertz CT molecular complexity index is 5840. The summed E-state index contributed by atoms with van der Waals surface area (Å²) in [4.78, 5) is 0. The van der Waals surface area contributed by atoms with Gasteiger partial charge in [0.25, 0.3) is 0 Å². The fourth-order valence-electron chi connectivity index (χ4n) is 14.6. The SMILES string of the molecule is c1ccc(-c2ccc(-c3cccc(-n4c5ccccc5c5cc6c(cc54)c4ccccc4n6-c4ccc(-c5ccccc5)cc4)c3)cc2)cc1.c1ccc(-c2ccc(-n3c4ccccc4c4cc5c(cc43)c3ccccc3n5-c3ccc(-c4ccccc4)cc3)cc2)cc1. The molecule has 4 aromatic heterocycles. The van der Waals surface area contributed by atoms with Gasteiger partial charge in [-0.2, -0.15) is 0 Å². The molecule has 440 valence electrons. The Hall–Kier alpha value is -12.5. The fourth-order valence-corrected chi connectivity index (χ4v) is 14.6. The lowest BCUT2D eigenvalue weighted by atomic mass is 10.00. The molecule has 0 aliphatic heterocycles. The zero-order valence-electron chi connectivity index (χ0n) is 51.4. The molecule has 19 rings (SSSR count). The number of para-hydroxylation sites is 4. The van der Waals surface area contributed by atoms with E-state index in [-0.39, 0.29) is 0 Å². The van der Waals surface area contributed by atoms with E-state index in [0.29, 0.717) is 0 Å². The minimum atomic E-state index is 1.15. The highest BCUT2D eigenvalue weighted by Gasteiger charge is 2.21. The first-order chi connectivity index (χ1) is 46.6. The number of hydrogen-bond donors (Lipinski definition) is 0. The van der Waals surface area contributed by atoms with Crippen LogP contribution in [0.1, 0.15) is 0 Å². The third kappa shape index (κ3) is 9.30. The van der Waals surface area contributed by atoms with Crippen LogP contribution in [-0.2, 0) is 0 Å². The van der Waals surface area contributed by atoms with E-state index in [4.69, 9.17) is 0 Å². The number of hydrogen-bond acceptors (Lipinski definition) is 0. The van der Waals surface area contributed by atoms with Crippen LogP contribution in [0.4, 0.5) is 0 Å². The van der Waals surface area contributed by atoms with E-state index in [2.05, 4.69) is 382 Å². The molecule has 0 unspecified atom stereocenters. The molecule has 0 radical (unpaired) electrons. The molecule has 0 saturated heterocycles. The number of rotatable bonds is 9. The van der Waals surface area contributed by atoms with Gasteiger partial charge in [0.05, 0.1) is 44.1 Å². The molecular weight excluding hydrogens is 1140 g/mol. The van der Waals surface area contributed by atoms with E-state index in [1.165, 1.54) is 143 Å². The van der Waals surface area contributed by atoms with Gasteiger partial charge in [-0.05, 0) is 153 Å². The van der Waals surface area contributed by atoms with Crippen LogP contribution in [-0.4, -0.2) is 18.3 Å². The molecule has 0 fully saturated rings. The molecule has 0 atom stereocenters.